The van der Waals surface area contributed by atoms with E-state index in [4.69, 9.17) is 10.00 Å². The van der Waals surface area contributed by atoms with Crippen molar-refractivity contribution in [1.82, 2.24) is 5.32 Å². The van der Waals surface area contributed by atoms with Crippen LogP contribution in [0.25, 0.3) is 0 Å². The summed E-state index contributed by atoms with van der Waals surface area (Å²) < 4.78 is 44.1. The van der Waals surface area contributed by atoms with Gasteiger partial charge in [-0.15, -0.1) is 0 Å². The lowest BCUT2D eigenvalue weighted by Crippen LogP contribution is -2.38. The summed E-state index contributed by atoms with van der Waals surface area (Å²) in [6.45, 7) is 1.07. The highest BCUT2D eigenvalue weighted by atomic mass is 19.4. The Labute approximate surface area is 115 Å². The molecule has 20 heavy (non-hydrogen) atoms. The number of ether oxygens (including phenoxy) is 1. The third-order valence-electron chi connectivity index (χ3n) is 3.27. The molecule has 0 amide bonds. The molecule has 108 valence electrons. The first kappa shape index (κ1) is 14.7. The Morgan fingerprint density at radius 3 is 2.75 bits per heavy atom. The van der Waals surface area contributed by atoms with Gasteiger partial charge in [0.15, 0.2) is 0 Å². The van der Waals surface area contributed by atoms with E-state index in [9.17, 15) is 13.2 Å². The minimum atomic E-state index is -4.53. The summed E-state index contributed by atoms with van der Waals surface area (Å²) in [6, 6.07) is 5.16. The summed E-state index contributed by atoms with van der Waals surface area (Å²) in [5, 5.41) is 11.9. The van der Waals surface area contributed by atoms with Gasteiger partial charge in [-0.25, -0.2) is 0 Å². The van der Waals surface area contributed by atoms with Gasteiger partial charge in [0.25, 0.3) is 0 Å². The van der Waals surface area contributed by atoms with Gasteiger partial charge >= 0.3 is 6.18 Å². The van der Waals surface area contributed by atoms with Crippen molar-refractivity contribution in [3.63, 3.8) is 0 Å². The molecule has 1 saturated heterocycles. The van der Waals surface area contributed by atoms with Crippen molar-refractivity contribution >= 4 is 0 Å². The van der Waals surface area contributed by atoms with Crippen molar-refractivity contribution in [2.24, 2.45) is 0 Å². The van der Waals surface area contributed by atoms with Crippen molar-refractivity contribution < 1.29 is 17.9 Å². The Hall–Kier alpha value is -1.74. The van der Waals surface area contributed by atoms with E-state index in [1.807, 2.05) is 0 Å². The Morgan fingerprint density at radius 1 is 1.35 bits per heavy atom. The molecule has 0 aliphatic carbocycles. The average molecular weight is 284 g/mol. The fourth-order valence-electron chi connectivity index (χ4n) is 2.20. The number of nitrogens with zero attached hydrogens (tertiary/aromatic N) is 1. The van der Waals surface area contributed by atoms with Crippen LogP contribution in [0, 0.1) is 11.3 Å². The second-order valence-electron chi connectivity index (χ2n) is 4.78. The molecule has 1 aromatic rings. The molecule has 1 aliphatic rings. The molecule has 1 heterocycles. The molecule has 6 heteroatoms. The van der Waals surface area contributed by atoms with Gasteiger partial charge in [-0.3, -0.25) is 0 Å². The minimum Gasteiger partial charge on any atom is -0.491 e. The number of nitriles is 1. The SMILES string of the molecule is N#Cc1ccc(OCC2CCCCN2)c(C(F)(F)F)c1. The molecule has 0 aromatic heterocycles. The third-order valence-corrected chi connectivity index (χ3v) is 3.27. The van der Waals surface area contributed by atoms with Gasteiger partial charge in [0, 0.05) is 6.04 Å². The summed E-state index contributed by atoms with van der Waals surface area (Å²) in [4.78, 5) is 0. The second-order valence-corrected chi connectivity index (χ2v) is 4.78. The molecule has 1 fully saturated rings. The second kappa shape index (κ2) is 6.14. The molecule has 2 rings (SSSR count). The van der Waals surface area contributed by atoms with Crippen LogP contribution in [0.1, 0.15) is 30.4 Å². The maximum Gasteiger partial charge on any atom is 0.420 e. The zero-order valence-corrected chi connectivity index (χ0v) is 10.8. The lowest BCUT2D eigenvalue weighted by atomic mass is 10.1. The Bertz CT molecular complexity index is 502. The van der Waals surface area contributed by atoms with Crippen molar-refractivity contribution in [3.8, 4) is 11.8 Å². The van der Waals surface area contributed by atoms with Crippen LogP contribution in [-0.2, 0) is 6.18 Å². The Kier molecular flexibility index (Phi) is 4.50. The summed E-state index contributed by atoms with van der Waals surface area (Å²) >= 11 is 0. The number of hydrogen-bond donors (Lipinski definition) is 1. The largest absolute Gasteiger partial charge is 0.491 e. The monoisotopic (exact) mass is 284 g/mol. The highest BCUT2D eigenvalue weighted by Crippen LogP contribution is 2.36. The van der Waals surface area contributed by atoms with Gasteiger partial charge < -0.3 is 10.1 Å². The number of alkyl halides is 3. The molecule has 1 atom stereocenters. The van der Waals surface area contributed by atoms with Gasteiger partial charge in [0.05, 0.1) is 17.2 Å². The van der Waals surface area contributed by atoms with E-state index in [0.717, 1.165) is 31.9 Å². The first-order valence-corrected chi connectivity index (χ1v) is 6.48. The van der Waals surface area contributed by atoms with Gasteiger partial charge in [0.2, 0.25) is 0 Å². The lowest BCUT2D eigenvalue weighted by Gasteiger charge is -2.24. The van der Waals surface area contributed by atoms with Gasteiger partial charge in [-0.05, 0) is 37.6 Å². The maximum atomic E-state index is 12.9. The number of nitrogens with one attached hydrogen (secondary N) is 1. The highest BCUT2D eigenvalue weighted by molar-refractivity contribution is 5.43. The van der Waals surface area contributed by atoms with E-state index in [1.165, 1.54) is 12.1 Å². The van der Waals surface area contributed by atoms with Crippen LogP contribution in [0.2, 0.25) is 0 Å². The van der Waals surface area contributed by atoms with Crippen molar-refractivity contribution in [2.45, 2.75) is 31.5 Å². The zero-order valence-electron chi connectivity index (χ0n) is 10.8. The number of piperidine rings is 1. The number of rotatable bonds is 3. The molecular weight excluding hydrogens is 269 g/mol. The van der Waals surface area contributed by atoms with E-state index in [2.05, 4.69) is 5.32 Å². The molecule has 0 bridgehead atoms. The predicted molar refractivity (Wildman–Crippen MR) is 67.3 cm³/mol. The van der Waals surface area contributed by atoms with Crippen LogP contribution in [0.5, 0.6) is 5.75 Å². The van der Waals surface area contributed by atoms with Gasteiger partial charge in [0.1, 0.15) is 12.4 Å². The lowest BCUT2D eigenvalue weighted by molar-refractivity contribution is -0.139. The van der Waals surface area contributed by atoms with Crippen LogP contribution >= 0.6 is 0 Å². The number of hydrogen-bond acceptors (Lipinski definition) is 3. The fourth-order valence-corrected chi connectivity index (χ4v) is 2.20. The van der Waals surface area contributed by atoms with Crippen molar-refractivity contribution in [3.05, 3.63) is 29.3 Å². The van der Waals surface area contributed by atoms with E-state index < -0.39 is 11.7 Å². The Balaban J connectivity index is 2.12. The van der Waals surface area contributed by atoms with E-state index in [1.54, 1.807) is 6.07 Å². The normalized spacial score (nSPS) is 19.4. The van der Waals surface area contributed by atoms with Crippen molar-refractivity contribution in [2.75, 3.05) is 13.2 Å². The molecule has 1 aromatic carbocycles. The van der Waals surface area contributed by atoms with Crippen LogP contribution < -0.4 is 10.1 Å². The van der Waals surface area contributed by atoms with Crippen molar-refractivity contribution in [1.29, 1.82) is 5.26 Å². The van der Waals surface area contributed by atoms with E-state index in [0.29, 0.717) is 0 Å². The summed E-state index contributed by atoms with van der Waals surface area (Å²) in [5.74, 6) is -0.219. The molecular formula is C14H15F3N2O. The topological polar surface area (TPSA) is 45.0 Å². The molecule has 1 N–H and O–H groups in total. The van der Waals surface area contributed by atoms with Crippen LogP contribution in [0.4, 0.5) is 13.2 Å². The Morgan fingerprint density at radius 2 is 2.15 bits per heavy atom. The van der Waals surface area contributed by atoms with Crippen LogP contribution in [-0.4, -0.2) is 19.2 Å². The quantitative estimate of drug-likeness (QED) is 0.927. The van der Waals surface area contributed by atoms with Gasteiger partial charge in [-0.2, -0.15) is 18.4 Å². The highest BCUT2D eigenvalue weighted by Gasteiger charge is 2.35. The molecule has 0 saturated carbocycles. The van der Waals surface area contributed by atoms with E-state index in [-0.39, 0.29) is 24.0 Å². The minimum absolute atomic E-state index is 0.0273. The fraction of sp³-hybridized carbons (Fsp3) is 0.500. The number of benzene rings is 1. The van der Waals surface area contributed by atoms with E-state index >= 15 is 0 Å². The average Bonchev–Trinajstić information content (AvgIpc) is 2.45. The van der Waals surface area contributed by atoms with Crippen LogP contribution in [0.15, 0.2) is 18.2 Å². The smallest absolute Gasteiger partial charge is 0.420 e. The summed E-state index contributed by atoms with van der Waals surface area (Å²) in [6.07, 6.45) is -1.48. The standard InChI is InChI=1S/C14H15F3N2O/c15-14(16,17)12-7-10(8-18)4-5-13(12)20-9-11-3-1-2-6-19-11/h4-5,7,11,19H,1-3,6,9H2. The summed E-state index contributed by atoms with van der Waals surface area (Å²) in [5.41, 5.74) is -0.923. The molecule has 0 spiro atoms. The summed E-state index contributed by atoms with van der Waals surface area (Å²) in [7, 11) is 0. The molecule has 0 radical (unpaired) electrons. The molecule has 3 nitrogen and oxygen atoms in total. The number of halogens is 3. The van der Waals surface area contributed by atoms with Crippen LogP contribution in [0.3, 0.4) is 0 Å². The maximum absolute atomic E-state index is 12.9. The predicted octanol–water partition coefficient (Wildman–Crippen LogP) is 3.10. The van der Waals surface area contributed by atoms with Gasteiger partial charge in [-0.1, -0.05) is 6.42 Å². The molecule has 1 unspecified atom stereocenters. The third kappa shape index (κ3) is 3.64. The first-order valence-electron chi connectivity index (χ1n) is 6.48. The zero-order chi connectivity index (χ0) is 14.6. The molecule has 1 aliphatic heterocycles. The first-order chi connectivity index (χ1) is 9.50.